The molecule has 6 aromatic carbocycles. The van der Waals surface area contributed by atoms with Crippen molar-refractivity contribution in [3.05, 3.63) is 163 Å². The average Bonchev–Trinajstić information content (AvgIpc) is 3.27. The van der Waals surface area contributed by atoms with Gasteiger partial charge >= 0.3 is 23.9 Å². The van der Waals surface area contributed by atoms with Crippen LogP contribution in [0.3, 0.4) is 0 Å². The van der Waals surface area contributed by atoms with Gasteiger partial charge in [0.2, 0.25) is 13.6 Å². The van der Waals surface area contributed by atoms with Gasteiger partial charge in [-0.3, -0.25) is 0 Å². The first-order valence-electron chi connectivity index (χ1n) is 17.8. The van der Waals surface area contributed by atoms with E-state index >= 15 is 0 Å². The molecule has 0 atom stereocenters. The lowest BCUT2D eigenvalue weighted by atomic mass is 10.0. The maximum absolute atomic E-state index is 13.0. The molecule has 6 aromatic rings. The second-order valence-electron chi connectivity index (χ2n) is 12.1. The van der Waals surface area contributed by atoms with Gasteiger partial charge in [-0.25, -0.2) is 29.0 Å². The summed E-state index contributed by atoms with van der Waals surface area (Å²) in [6.07, 6.45) is 2.08. The molecule has 300 valence electrons. The number of hydrogen-bond acceptors (Lipinski definition) is 14. The van der Waals surface area contributed by atoms with Gasteiger partial charge in [0.15, 0.2) is 12.4 Å². The van der Waals surface area contributed by atoms with Crippen molar-refractivity contribution in [1.82, 2.24) is 0 Å². The molecular weight excluding hydrogens is 764 g/mol. The zero-order valence-corrected chi connectivity index (χ0v) is 31.4. The van der Waals surface area contributed by atoms with Gasteiger partial charge in [-0.05, 0) is 71.1 Å². The molecule has 0 bridgehead atoms. The Hall–Kier alpha value is -7.52. The van der Waals surface area contributed by atoms with Gasteiger partial charge in [-0.15, -0.1) is 0 Å². The topological polar surface area (TPSA) is 161 Å². The van der Waals surface area contributed by atoms with Crippen LogP contribution in [0.1, 0.15) is 21.5 Å². The van der Waals surface area contributed by atoms with Crippen molar-refractivity contribution in [2.24, 2.45) is 0 Å². The van der Waals surface area contributed by atoms with Gasteiger partial charge in [0.25, 0.3) is 0 Å². The molecule has 0 radical (unpaired) electrons. The summed E-state index contributed by atoms with van der Waals surface area (Å²) < 4.78 is 31.6. The number of carbonyl (C=O) groups excluding carboxylic acids is 4. The standard InChI is InChI=1S/C45H36O14/c1-3-42(46)52-28-50-33-18-13-30(14-19-33)25-56-59-41-24-23-39(37-11-7-8-12-38(37)41)57-44(48)27-55-54-26-32-17-22-40(36-10-6-5-9-35(32)36)58-45(49)31-15-20-34(21-16-31)51-29-53-43(47)4-2/h3-24H,1-2,25-29H2. The maximum Gasteiger partial charge on any atom is 0.343 e. The van der Waals surface area contributed by atoms with Crippen LogP contribution in [0.2, 0.25) is 0 Å². The highest BCUT2D eigenvalue weighted by molar-refractivity contribution is 5.97. The van der Waals surface area contributed by atoms with Gasteiger partial charge in [0.1, 0.15) is 36.2 Å². The molecule has 59 heavy (non-hydrogen) atoms. The van der Waals surface area contributed by atoms with Crippen molar-refractivity contribution < 1.29 is 67.1 Å². The third kappa shape index (κ3) is 11.5. The zero-order chi connectivity index (χ0) is 41.4. The second kappa shape index (κ2) is 20.6. The SMILES string of the molecule is C=CC(=O)OCOc1ccc(COOc2ccc(OC(=O)COOCc3ccc(OC(=O)c4ccc(OCOC(=O)C=C)cc4)c4ccccc34)c3ccccc23)cc1. The van der Waals surface area contributed by atoms with E-state index in [9.17, 15) is 19.2 Å². The van der Waals surface area contributed by atoms with Crippen molar-refractivity contribution in [2.75, 3.05) is 20.2 Å². The molecule has 0 aliphatic heterocycles. The second-order valence-corrected chi connectivity index (χ2v) is 12.1. The van der Waals surface area contributed by atoms with Crippen LogP contribution < -0.4 is 23.8 Å². The highest BCUT2D eigenvalue weighted by atomic mass is 17.2. The molecule has 0 aliphatic carbocycles. The fraction of sp³-hybridized carbons (Fsp3) is 0.111. The van der Waals surface area contributed by atoms with Crippen LogP contribution in [-0.4, -0.2) is 44.1 Å². The van der Waals surface area contributed by atoms with Gasteiger partial charge in [-0.2, -0.15) is 4.89 Å². The molecule has 0 amide bonds. The van der Waals surface area contributed by atoms with Crippen LogP contribution in [-0.2, 0) is 51.7 Å². The fourth-order valence-electron chi connectivity index (χ4n) is 5.42. The molecule has 6 rings (SSSR count). The van der Waals surface area contributed by atoms with E-state index in [1.54, 1.807) is 84.9 Å². The lowest BCUT2D eigenvalue weighted by Crippen LogP contribution is -2.16. The number of benzene rings is 6. The molecule has 14 heteroatoms. The Labute approximate surface area is 337 Å². The summed E-state index contributed by atoms with van der Waals surface area (Å²) in [5, 5.41) is 2.64. The number of ether oxygens (including phenoxy) is 6. The summed E-state index contributed by atoms with van der Waals surface area (Å²) in [7, 11) is 0. The molecule has 0 unspecified atom stereocenters. The summed E-state index contributed by atoms with van der Waals surface area (Å²) in [4.78, 5) is 69.8. The van der Waals surface area contributed by atoms with E-state index in [0.717, 1.165) is 23.1 Å². The first kappa shape index (κ1) is 41.1. The van der Waals surface area contributed by atoms with E-state index in [4.69, 9.17) is 48.0 Å². The molecule has 0 heterocycles. The molecule has 0 saturated heterocycles. The van der Waals surface area contributed by atoms with Crippen LogP contribution in [0.25, 0.3) is 21.5 Å². The Morgan fingerprint density at radius 2 is 1.03 bits per heavy atom. The van der Waals surface area contributed by atoms with E-state index in [-0.39, 0.29) is 38.1 Å². The summed E-state index contributed by atoms with van der Waals surface area (Å²) >= 11 is 0. The van der Waals surface area contributed by atoms with Gasteiger partial charge in [0.05, 0.1) is 5.56 Å². The van der Waals surface area contributed by atoms with E-state index in [1.165, 1.54) is 12.1 Å². The minimum absolute atomic E-state index is 0.0221. The Morgan fingerprint density at radius 3 is 1.66 bits per heavy atom. The molecule has 0 fully saturated rings. The van der Waals surface area contributed by atoms with Gasteiger partial charge in [-0.1, -0.05) is 79.9 Å². The van der Waals surface area contributed by atoms with Crippen molar-refractivity contribution >= 4 is 45.4 Å². The quantitative estimate of drug-likeness (QED) is 0.0139. The summed E-state index contributed by atoms with van der Waals surface area (Å²) in [6.45, 7) is 5.70. The molecule has 0 aromatic heterocycles. The minimum atomic E-state index is -0.700. The smallest absolute Gasteiger partial charge is 0.343 e. The van der Waals surface area contributed by atoms with Crippen LogP contribution in [0, 0.1) is 0 Å². The lowest BCUT2D eigenvalue weighted by Gasteiger charge is -2.13. The van der Waals surface area contributed by atoms with Crippen LogP contribution in [0.15, 0.2) is 147 Å². The Morgan fingerprint density at radius 1 is 0.508 bits per heavy atom. The number of carbonyl (C=O) groups is 4. The largest absolute Gasteiger partial charge is 0.457 e. The molecule has 0 spiro atoms. The number of rotatable bonds is 20. The zero-order valence-electron chi connectivity index (χ0n) is 31.4. The number of fused-ring (bicyclic) bond motifs is 2. The van der Waals surface area contributed by atoms with Crippen molar-refractivity contribution in [2.45, 2.75) is 13.2 Å². The van der Waals surface area contributed by atoms with E-state index in [0.29, 0.717) is 44.7 Å². The highest BCUT2D eigenvalue weighted by Crippen LogP contribution is 2.34. The normalized spacial score (nSPS) is 10.6. The summed E-state index contributed by atoms with van der Waals surface area (Å²) in [6, 6.07) is 34.2. The van der Waals surface area contributed by atoms with Crippen LogP contribution in [0.4, 0.5) is 0 Å². The number of hydrogen-bond donors (Lipinski definition) is 0. The Bertz CT molecular complexity index is 2440. The number of esters is 4. The Balaban J connectivity index is 0.976. The minimum Gasteiger partial charge on any atom is -0.457 e. The lowest BCUT2D eigenvalue weighted by molar-refractivity contribution is -0.300. The third-order valence-electron chi connectivity index (χ3n) is 8.29. The molecule has 14 nitrogen and oxygen atoms in total. The molecule has 0 aliphatic rings. The van der Waals surface area contributed by atoms with Crippen molar-refractivity contribution in [3.8, 4) is 28.7 Å². The first-order valence-corrected chi connectivity index (χ1v) is 17.8. The van der Waals surface area contributed by atoms with Crippen LogP contribution >= 0.6 is 0 Å². The molecular formula is C45H36O14. The molecule has 0 saturated carbocycles. The molecule has 0 N–H and O–H groups in total. The predicted molar refractivity (Wildman–Crippen MR) is 211 cm³/mol. The van der Waals surface area contributed by atoms with Crippen molar-refractivity contribution in [3.63, 3.8) is 0 Å². The summed E-state index contributed by atoms with van der Waals surface area (Å²) in [5.74, 6) is -0.582. The van der Waals surface area contributed by atoms with E-state index in [2.05, 4.69) is 13.2 Å². The maximum atomic E-state index is 13.0. The first-order chi connectivity index (χ1) is 28.8. The highest BCUT2D eigenvalue weighted by Gasteiger charge is 2.16. The van der Waals surface area contributed by atoms with Crippen molar-refractivity contribution in [1.29, 1.82) is 0 Å². The predicted octanol–water partition coefficient (Wildman–Crippen LogP) is 7.91. The summed E-state index contributed by atoms with van der Waals surface area (Å²) in [5.41, 5.74) is 1.78. The fourth-order valence-corrected chi connectivity index (χ4v) is 5.42. The van der Waals surface area contributed by atoms with E-state index < -0.39 is 30.5 Å². The third-order valence-corrected chi connectivity index (χ3v) is 8.29. The van der Waals surface area contributed by atoms with Crippen LogP contribution in [0.5, 0.6) is 28.7 Å². The monoisotopic (exact) mass is 800 g/mol. The van der Waals surface area contributed by atoms with Gasteiger partial charge < -0.3 is 33.3 Å². The van der Waals surface area contributed by atoms with Gasteiger partial charge in [0, 0.05) is 28.3 Å². The van der Waals surface area contributed by atoms with E-state index in [1.807, 2.05) is 24.3 Å². The average molecular weight is 801 g/mol. The Kier molecular flexibility index (Phi) is 14.3.